The highest BCUT2D eigenvalue weighted by molar-refractivity contribution is 5.99. The molecule has 2 amide bonds. The molecule has 8 heteroatoms. The average Bonchev–Trinajstić information content (AvgIpc) is 3.54. The molecular formula is C31H44N2O6. The molecule has 3 aliphatic heterocycles. The smallest absolute Gasteiger partial charge is 0.312 e. The maximum Gasteiger partial charge on any atom is 0.312 e. The number of ether oxygens (including phenoxy) is 2. The first-order valence-electron chi connectivity index (χ1n) is 14.5. The second-order valence-electron chi connectivity index (χ2n) is 11.3. The van der Waals surface area contributed by atoms with Gasteiger partial charge in [-0.2, -0.15) is 0 Å². The summed E-state index contributed by atoms with van der Waals surface area (Å²) in [6.45, 7) is 11.9. The zero-order valence-corrected chi connectivity index (χ0v) is 23.8. The van der Waals surface area contributed by atoms with Crippen molar-refractivity contribution in [1.29, 1.82) is 0 Å². The second kappa shape index (κ2) is 11.8. The van der Waals surface area contributed by atoms with Crippen molar-refractivity contribution in [3.8, 4) is 0 Å². The van der Waals surface area contributed by atoms with Crippen LogP contribution in [-0.4, -0.2) is 81.8 Å². The molecule has 3 saturated heterocycles. The quantitative estimate of drug-likeness (QED) is 0.304. The SMILES string of the molecule is C=CCN(C(=O)C1N([C@@H](CO)Cc2ccccc2)C(=O)[C@@H]2[C@H](C(=O)OCC)[C@]3(CC)CCC12O3)C(C)CCC. The Kier molecular flexibility index (Phi) is 8.86. The number of aliphatic hydroxyl groups is 1. The first-order valence-corrected chi connectivity index (χ1v) is 14.5. The number of fused-ring (bicyclic) bond motifs is 1. The number of esters is 1. The zero-order chi connectivity index (χ0) is 28.4. The highest BCUT2D eigenvalue weighted by Crippen LogP contribution is 2.65. The van der Waals surface area contributed by atoms with Crippen molar-refractivity contribution in [3.63, 3.8) is 0 Å². The van der Waals surface area contributed by atoms with Crippen LogP contribution in [0.2, 0.25) is 0 Å². The highest BCUT2D eigenvalue weighted by atomic mass is 16.6. The van der Waals surface area contributed by atoms with Gasteiger partial charge in [0, 0.05) is 12.6 Å². The largest absolute Gasteiger partial charge is 0.466 e. The van der Waals surface area contributed by atoms with E-state index in [2.05, 4.69) is 13.5 Å². The molecule has 0 radical (unpaired) electrons. The van der Waals surface area contributed by atoms with Crippen molar-refractivity contribution in [2.45, 2.75) is 95.5 Å². The Morgan fingerprint density at radius 3 is 2.56 bits per heavy atom. The van der Waals surface area contributed by atoms with Crippen molar-refractivity contribution >= 4 is 17.8 Å². The Morgan fingerprint density at radius 2 is 1.97 bits per heavy atom. The zero-order valence-electron chi connectivity index (χ0n) is 23.8. The summed E-state index contributed by atoms with van der Waals surface area (Å²) in [6.07, 6.45) is 5.39. The number of carbonyl (C=O) groups excluding carboxylic acids is 3. The lowest BCUT2D eigenvalue weighted by molar-refractivity contribution is -0.163. The number of amides is 2. The van der Waals surface area contributed by atoms with Gasteiger partial charge in [-0.1, -0.05) is 56.7 Å². The monoisotopic (exact) mass is 540 g/mol. The van der Waals surface area contributed by atoms with E-state index in [1.165, 1.54) is 0 Å². The molecule has 2 bridgehead atoms. The molecule has 1 aromatic rings. The third-order valence-corrected chi connectivity index (χ3v) is 9.16. The molecule has 7 atom stereocenters. The van der Waals surface area contributed by atoms with Gasteiger partial charge in [-0.25, -0.2) is 0 Å². The van der Waals surface area contributed by atoms with Gasteiger partial charge in [-0.15, -0.1) is 6.58 Å². The van der Waals surface area contributed by atoms with Gasteiger partial charge in [0.1, 0.15) is 17.6 Å². The Bertz CT molecular complexity index is 1060. The van der Waals surface area contributed by atoms with Crippen LogP contribution < -0.4 is 0 Å². The minimum atomic E-state index is -1.16. The van der Waals surface area contributed by atoms with E-state index in [1.807, 2.05) is 44.2 Å². The standard InChI is InChI=1S/C31H44N2O6/c1-6-13-21(5)32(18-7-2)28(36)26-31-17-16-30(8-3,39-31)25(29(37)38-9-4)24(31)27(35)33(26)23(20-34)19-22-14-11-10-12-15-22/h7,10-12,14-15,21,23-26,34H,2,6,8-9,13,16-20H2,1,3-5H3/t21?,23-,24+,25-,26?,30+,31?/m1/s1. The van der Waals surface area contributed by atoms with E-state index in [-0.39, 0.29) is 31.1 Å². The van der Waals surface area contributed by atoms with Crippen molar-refractivity contribution in [1.82, 2.24) is 9.80 Å². The van der Waals surface area contributed by atoms with Gasteiger partial charge in [0.2, 0.25) is 11.8 Å². The summed E-state index contributed by atoms with van der Waals surface area (Å²) < 4.78 is 12.3. The van der Waals surface area contributed by atoms with Gasteiger partial charge >= 0.3 is 5.97 Å². The molecule has 8 nitrogen and oxygen atoms in total. The minimum Gasteiger partial charge on any atom is -0.466 e. The molecular weight excluding hydrogens is 496 g/mol. The van der Waals surface area contributed by atoms with E-state index in [9.17, 15) is 19.5 Å². The van der Waals surface area contributed by atoms with Gasteiger partial charge in [0.15, 0.2) is 0 Å². The van der Waals surface area contributed by atoms with Crippen molar-refractivity contribution in [3.05, 3.63) is 48.6 Å². The van der Waals surface area contributed by atoms with E-state index >= 15 is 0 Å². The molecule has 3 unspecified atom stereocenters. The van der Waals surface area contributed by atoms with Crippen LogP contribution in [-0.2, 0) is 30.3 Å². The molecule has 0 aliphatic carbocycles. The Hall–Kier alpha value is -2.71. The molecule has 1 aromatic carbocycles. The van der Waals surface area contributed by atoms with Crippen LogP contribution in [0.4, 0.5) is 0 Å². The van der Waals surface area contributed by atoms with Gasteiger partial charge in [0.25, 0.3) is 0 Å². The third kappa shape index (κ3) is 4.80. The number of benzene rings is 1. The number of likely N-dealkylation sites (tertiary alicyclic amines) is 1. The number of hydrogen-bond acceptors (Lipinski definition) is 6. The molecule has 3 aliphatic rings. The maximum absolute atomic E-state index is 14.6. The normalized spacial score (nSPS) is 30.6. The van der Waals surface area contributed by atoms with Crippen LogP contribution in [0, 0.1) is 11.8 Å². The fourth-order valence-corrected chi connectivity index (χ4v) is 7.41. The molecule has 0 aromatic heterocycles. The van der Waals surface area contributed by atoms with Crippen LogP contribution in [0.1, 0.15) is 65.4 Å². The number of carbonyl (C=O) groups is 3. The summed E-state index contributed by atoms with van der Waals surface area (Å²) in [6, 6.07) is 7.95. The average molecular weight is 541 g/mol. The van der Waals surface area contributed by atoms with Gasteiger partial charge < -0.3 is 24.4 Å². The molecule has 39 heavy (non-hydrogen) atoms. The predicted octanol–water partition coefficient (Wildman–Crippen LogP) is 3.51. The maximum atomic E-state index is 14.6. The Labute approximate surface area is 232 Å². The second-order valence-corrected chi connectivity index (χ2v) is 11.3. The van der Waals surface area contributed by atoms with Crippen molar-refractivity contribution in [2.75, 3.05) is 19.8 Å². The lowest BCUT2D eigenvalue weighted by Gasteiger charge is -2.41. The minimum absolute atomic E-state index is 0.0748. The number of aliphatic hydroxyl groups excluding tert-OH is 1. The van der Waals surface area contributed by atoms with Gasteiger partial charge in [-0.3, -0.25) is 14.4 Å². The van der Waals surface area contributed by atoms with Crippen LogP contribution >= 0.6 is 0 Å². The molecule has 1 spiro atoms. The molecule has 0 saturated carbocycles. The van der Waals surface area contributed by atoms with Crippen molar-refractivity contribution in [2.24, 2.45) is 11.8 Å². The summed E-state index contributed by atoms with van der Waals surface area (Å²) in [4.78, 5) is 45.8. The first kappa shape index (κ1) is 29.3. The molecule has 1 N–H and O–H groups in total. The van der Waals surface area contributed by atoms with Crippen LogP contribution in [0.5, 0.6) is 0 Å². The summed E-state index contributed by atoms with van der Waals surface area (Å²) in [7, 11) is 0. The van der Waals surface area contributed by atoms with E-state index in [1.54, 1.807) is 22.8 Å². The van der Waals surface area contributed by atoms with Crippen molar-refractivity contribution < 1.29 is 29.0 Å². The topological polar surface area (TPSA) is 96.4 Å². The molecule has 3 fully saturated rings. The summed E-state index contributed by atoms with van der Waals surface area (Å²) in [5, 5.41) is 10.6. The molecule has 214 valence electrons. The summed E-state index contributed by atoms with van der Waals surface area (Å²) in [5.74, 6) is -2.59. The van der Waals surface area contributed by atoms with Gasteiger partial charge in [0.05, 0.1) is 30.8 Å². The number of hydrogen-bond donors (Lipinski definition) is 1. The fourth-order valence-electron chi connectivity index (χ4n) is 7.41. The van der Waals surface area contributed by atoms with Gasteiger partial charge in [-0.05, 0) is 51.5 Å². The Morgan fingerprint density at radius 1 is 1.26 bits per heavy atom. The lowest BCUT2D eigenvalue weighted by atomic mass is 9.65. The lowest BCUT2D eigenvalue weighted by Crippen LogP contribution is -2.60. The van der Waals surface area contributed by atoms with E-state index < -0.39 is 41.1 Å². The van der Waals surface area contributed by atoms with E-state index in [4.69, 9.17) is 9.47 Å². The van der Waals surface area contributed by atoms with E-state index in [0.29, 0.717) is 32.2 Å². The predicted molar refractivity (Wildman–Crippen MR) is 148 cm³/mol. The van der Waals surface area contributed by atoms with Crippen LogP contribution in [0.3, 0.4) is 0 Å². The van der Waals surface area contributed by atoms with Crippen LogP contribution in [0.25, 0.3) is 0 Å². The molecule has 3 heterocycles. The first-order chi connectivity index (χ1) is 18.7. The Balaban J connectivity index is 1.84. The third-order valence-electron chi connectivity index (χ3n) is 9.16. The highest BCUT2D eigenvalue weighted by Gasteiger charge is 2.79. The summed E-state index contributed by atoms with van der Waals surface area (Å²) in [5.41, 5.74) is -1.05. The summed E-state index contributed by atoms with van der Waals surface area (Å²) >= 11 is 0. The number of nitrogens with zero attached hydrogens (tertiary/aromatic N) is 2. The number of rotatable bonds is 13. The van der Waals surface area contributed by atoms with Crippen LogP contribution in [0.15, 0.2) is 43.0 Å². The fraction of sp³-hybridized carbons (Fsp3) is 0.645. The van der Waals surface area contributed by atoms with E-state index in [0.717, 1.165) is 18.4 Å². The molecule has 4 rings (SSSR count).